The van der Waals surface area contributed by atoms with Gasteiger partial charge in [-0.3, -0.25) is 0 Å². The molecule has 0 aromatic carbocycles. The minimum atomic E-state index is -0.328. The fraction of sp³-hybridized carbons (Fsp3) is 0.750. The molecule has 0 radical (unpaired) electrons. The number of hydrogen-bond acceptors (Lipinski definition) is 2. The molecule has 2 heteroatoms. The second-order valence-electron chi connectivity index (χ2n) is 4.14. The lowest BCUT2D eigenvalue weighted by molar-refractivity contribution is -0.150. The number of allylic oxidation sites excluding steroid dienone is 1. The largest absolute Gasteiger partial charge is 0.457 e. The van der Waals surface area contributed by atoms with E-state index >= 15 is 0 Å². The summed E-state index contributed by atoms with van der Waals surface area (Å²) in [5, 5.41) is 0. The van der Waals surface area contributed by atoms with E-state index in [9.17, 15) is 4.79 Å². The van der Waals surface area contributed by atoms with Gasteiger partial charge >= 0.3 is 5.97 Å². The summed E-state index contributed by atoms with van der Waals surface area (Å²) in [6, 6.07) is 0. The molecule has 0 heterocycles. The molecule has 0 aliphatic carbocycles. The van der Waals surface area contributed by atoms with Gasteiger partial charge in [-0.2, -0.15) is 0 Å². The van der Waals surface area contributed by atoms with Gasteiger partial charge in [-0.25, -0.2) is 4.79 Å². The van der Waals surface area contributed by atoms with Crippen molar-refractivity contribution in [1.82, 2.24) is 0 Å². The molecule has 0 aromatic heterocycles. The molecule has 14 heavy (non-hydrogen) atoms. The van der Waals surface area contributed by atoms with E-state index in [0.29, 0.717) is 0 Å². The Bertz CT molecular complexity index is 192. The molecule has 0 aliphatic heterocycles. The van der Waals surface area contributed by atoms with Crippen molar-refractivity contribution in [2.75, 3.05) is 0 Å². The van der Waals surface area contributed by atoms with Crippen LogP contribution in [0.3, 0.4) is 0 Å². The molecule has 0 saturated heterocycles. The van der Waals surface area contributed by atoms with E-state index in [4.69, 9.17) is 4.74 Å². The van der Waals surface area contributed by atoms with Gasteiger partial charge in [0.1, 0.15) is 5.60 Å². The number of carbonyl (C=O) groups is 1. The van der Waals surface area contributed by atoms with Crippen LogP contribution in [0.5, 0.6) is 0 Å². The zero-order valence-corrected chi connectivity index (χ0v) is 9.80. The minimum absolute atomic E-state index is 0.242. The van der Waals surface area contributed by atoms with Crippen molar-refractivity contribution in [1.29, 1.82) is 0 Å². The Balaban J connectivity index is 3.87. The maximum Gasteiger partial charge on any atom is 0.330 e. The second kappa shape index (κ2) is 6.63. The van der Waals surface area contributed by atoms with Crippen molar-refractivity contribution in [3.8, 4) is 0 Å². The zero-order chi connectivity index (χ0) is 11.0. The molecule has 0 aromatic rings. The topological polar surface area (TPSA) is 26.3 Å². The molecule has 2 nitrogen and oxygen atoms in total. The molecule has 0 saturated carbocycles. The fourth-order valence-electron chi connectivity index (χ4n) is 1.29. The summed E-state index contributed by atoms with van der Waals surface area (Å²) in [7, 11) is 0. The molecule has 0 rings (SSSR count). The number of rotatable bonds is 6. The van der Waals surface area contributed by atoms with Crippen LogP contribution in [0.4, 0.5) is 0 Å². The summed E-state index contributed by atoms with van der Waals surface area (Å²) in [6.07, 6.45) is 7.60. The van der Waals surface area contributed by atoms with Crippen molar-refractivity contribution in [3.63, 3.8) is 0 Å². The van der Waals surface area contributed by atoms with Gasteiger partial charge in [0.2, 0.25) is 0 Å². The first kappa shape index (κ1) is 13.2. The van der Waals surface area contributed by atoms with Crippen molar-refractivity contribution in [2.45, 2.75) is 59.0 Å². The van der Waals surface area contributed by atoms with Gasteiger partial charge in [-0.1, -0.05) is 25.8 Å². The summed E-state index contributed by atoms with van der Waals surface area (Å²) in [4.78, 5) is 11.2. The molecule has 0 atom stereocenters. The first-order valence-electron chi connectivity index (χ1n) is 5.37. The summed E-state index contributed by atoms with van der Waals surface area (Å²) >= 11 is 0. The summed E-state index contributed by atoms with van der Waals surface area (Å²) < 4.78 is 5.30. The second-order valence-corrected chi connectivity index (χ2v) is 4.14. The number of esters is 1. The van der Waals surface area contributed by atoms with Crippen LogP contribution >= 0.6 is 0 Å². The van der Waals surface area contributed by atoms with Gasteiger partial charge < -0.3 is 4.74 Å². The van der Waals surface area contributed by atoms with E-state index in [2.05, 4.69) is 6.92 Å². The third kappa shape index (κ3) is 6.70. The van der Waals surface area contributed by atoms with Gasteiger partial charge in [0.15, 0.2) is 0 Å². The molecular weight excluding hydrogens is 176 g/mol. The van der Waals surface area contributed by atoms with Crippen LogP contribution in [-0.4, -0.2) is 11.6 Å². The highest BCUT2D eigenvalue weighted by Gasteiger charge is 2.20. The zero-order valence-electron chi connectivity index (χ0n) is 9.80. The molecule has 82 valence electrons. The van der Waals surface area contributed by atoms with Gasteiger partial charge in [0, 0.05) is 6.08 Å². The van der Waals surface area contributed by atoms with Gasteiger partial charge in [-0.05, 0) is 33.6 Å². The maximum absolute atomic E-state index is 11.2. The van der Waals surface area contributed by atoms with E-state index in [1.54, 1.807) is 6.08 Å². The van der Waals surface area contributed by atoms with Crippen LogP contribution in [0.25, 0.3) is 0 Å². The summed E-state index contributed by atoms with van der Waals surface area (Å²) in [5.74, 6) is -0.242. The lowest BCUT2D eigenvalue weighted by Gasteiger charge is -2.24. The average Bonchev–Trinajstić information content (AvgIpc) is 2.03. The van der Waals surface area contributed by atoms with Crippen LogP contribution in [0, 0.1) is 0 Å². The SMILES string of the molecule is CC=CC(=O)OC(C)(C)CCCCC. The van der Waals surface area contributed by atoms with Crippen molar-refractivity contribution in [2.24, 2.45) is 0 Å². The molecular formula is C12H22O2. The highest BCUT2D eigenvalue weighted by Crippen LogP contribution is 2.18. The number of carbonyl (C=O) groups excluding carboxylic acids is 1. The smallest absolute Gasteiger partial charge is 0.330 e. The van der Waals surface area contributed by atoms with E-state index in [-0.39, 0.29) is 11.6 Å². The van der Waals surface area contributed by atoms with E-state index in [1.807, 2.05) is 20.8 Å². The number of unbranched alkanes of at least 4 members (excludes halogenated alkanes) is 2. The predicted molar refractivity (Wildman–Crippen MR) is 59.1 cm³/mol. The Morgan fingerprint density at radius 3 is 2.50 bits per heavy atom. The lowest BCUT2D eigenvalue weighted by atomic mass is 10.0. The van der Waals surface area contributed by atoms with Gasteiger partial charge in [-0.15, -0.1) is 0 Å². The van der Waals surface area contributed by atoms with Crippen LogP contribution in [0.15, 0.2) is 12.2 Å². The van der Waals surface area contributed by atoms with Crippen LogP contribution in [-0.2, 0) is 9.53 Å². The third-order valence-corrected chi connectivity index (χ3v) is 2.06. The third-order valence-electron chi connectivity index (χ3n) is 2.06. The highest BCUT2D eigenvalue weighted by atomic mass is 16.6. The normalized spacial score (nSPS) is 12.0. The maximum atomic E-state index is 11.2. The fourth-order valence-corrected chi connectivity index (χ4v) is 1.29. The van der Waals surface area contributed by atoms with Crippen molar-refractivity contribution >= 4 is 5.97 Å². The Morgan fingerprint density at radius 1 is 1.36 bits per heavy atom. The summed E-state index contributed by atoms with van der Waals surface area (Å²) in [5.41, 5.74) is -0.328. The standard InChI is InChI=1S/C12H22O2/c1-5-7-8-10-12(3,4)14-11(13)9-6-2/h6,9H,5,7-8,10H2,1-4H3. The quantitative estimate of drug-likeness (QED) is 0.371. The first-order valence-corrected chi connectivity index (χ1v) is 5.37. The Morgan fingerprint density at radius 2 is 2.00 bits per heavy atom. The number of hydrogen-bond donors (Lipinski definition) is 0. The van der Waals surface area contributed by atoms with Crippen molar-refractivity contribution in [3.05, 3.63) is 12.2 Å². The Kier molecular flexibility index (Phi) is 6.26. The molecule has 0 bridgehead atoms. The monoisotopic (exact) mass is 198 g/mol. The van der Waals surface area contributed by atoms with Crippen LogP contribution in [0.1, 0.15) is 53.4 Å². The molecule has 0 N–H and O–H groups in total. The van der Waals surface area contributed by atoms with Gasteiger partial charge in [0.25, 0.3) is 0 Å². The first-order chi connectivity index (χ1) is 6.52. The molecule has 0 unspecified atom stereocenters. The molecule has 0 aliphatic rings. The predicted octanol–water partition coefficient (Wildman–Crippen LogP) is 3.46. The van der Waals surface area contributed by atoms with E-state index in [1.165, 1.54) is 18.9 Å². The number of ether oxygens (including phenoxy) is 1. The summed E-state index contributed by atoms with van der Waals surface area (Å²) in [6.45, 7) is 7.90. The minimum Gasteiger partial charge on any atom is -0.457 e. The molecule has 0 fully saturated rings. The molecule has 0 amide bonds. The van der Waals surface area contributed by atoms with E-state index < -0.39 is 0 Å². The average molecular weight is 198 g/mol. The van der Waals surface area contributed by atoms with E-state index in [0.717, 1.165) is 12.8 Å². The van der Waals surface area contributed by atoms with Gasteiger partial charge in [0.05, 0.1) is 0 Å². The van der Waals surface area contributed by atoms with Crippen molar-refractivity contribution < 1.29 is 9.53 Å². The van der Waals surface area contributed by atoms with Crippen LogP contribution < -0.4 is 0 Å². The molecule has 0 spiro atoms. The Hall–Kier alpha value is -0.790. The highest BCUT2D eigenvalue weighted by molar-refractivity contribution is 5.82. The Labute approximate surface area is 87.3 Å². The lowest BCUT2D eigenvalue weighted by Crippen LogP contribution is -2.27. The van der Waals surface area contributed by atoms with Crippen LogP contribution in [0.2, 0.25) is 0 Å².